The van der Waals surface area contributed by atoms with E-state index in [1.165, 1.54) is 0 Å². The molecule has 352 valence electrons. The molecule has 61 heavy (non-hydrogen) atoms. The van der Waals surface area contributed by atoms with E-state index in [4.69, 9.17) is 33.2 Å². The number of carbonyl (C=O) groups is 4. The maximum absolute atomic E-state index is 12.6. The Morgan fingerprint density at radius 1 is 0.525 bits per heavy atom. The summed E-state index contributed by atoms with van der Waals surface area (Å²) >= 11 is 0. The number of nitrogens with one attached hydrogen (secondary N) is 2. The van der Waals surface area contributed by atoms with Crippen molar-refractivity contribution in [1.82, 2.24) is 10.6 Å². The summed E-state index contributed by atoms with van der Waals surface area (Å²) in [5.74, 6) is -5.99. The number of hydrogen-bond donors (Lipinski definition) is 14. The van der Waals surface area contributed by atoms with E-state index in [1.807, 2.05) is 0 Å². The number of ether oxygens (including phenoxy) is 7. The van der Waals surface area contributed by atoms with Gasteiger partial charge in [0.25, 0.3) is 0 Å². The number of carbonyl (C=O) groups excluding carboxylic acids is 2. The number of aliphatic hydroxyl groups is 8. The molecule has 0 aromatic heterocycles. The molecule has 4 heterocycles. The van der Waals surface area contributed by atoms with E-state index in [-0.39, 0.29) is 0 Å². The third-order valence-corrected chi connectivity index (χ3v) is 10.3. The highest BCUT2D eigenvalue weighted by Crippen LogP contribution is 2.36. The first-order chi connectivity index (χ1) is 28.2. The highest BCUT2D eigenvalue weighted by molar-refractivity contribution is 7.81. The van der Waals surface area contributed by atoms with Crippen molar-refractivity contribution in [1.29, 1.82) is 0 Å². The summed E-state index contributed by atoms with van der Waals surface area (Å²) in [5.41, 5.74) is 0. The molecule has 33 heteroatoms. The Morgan fingerprint density at radius 3 is 1.38 bits per heavy atom. The van der Waals surface area contributed by atoms with Crippen LogP contribution in [-0.2, 0) is 81.5 Å². The zero-order valence-corrected chi connectivity index (χ0v) is 32.7. The average Bonchev–Trinajstić information content (AvgIpc) is 3.13. The number of hydrogen-bond acceptors (Lipinski definition) is 25. The SMILES string of the molecule is CC(=O)N[C@H]1[C@H](O[C@H]2[C@H](O)[C@@H](O)[C@H](O[C@H]3[C@@H](OS(=O)(=O)O)[C@@H](CO)OC(O)[C@@H]3NC(C)=O)O[C@H]2C(=O)O)O[C@H](CO)[C@H](OS(=O)(=O)O)[C@@H]1O[C@@H]1O[C@@H](C(=O)O)[C@@H](O)[C@H](O)[C@H]1O. The fourth-order valence-corrected chi connectivity index (χ4v) is 7.80. The van der Waals surface area contributed by atoms with Crippen molar-refractivity contribution in [3.8, 4) is 0 Å². The Labute approximate surface area is 342 Å². The molecular weight excluding hydrogens is 892 g/mol. The fourth-order valence-electron chi connectivity index (χ4n) is 6.78. The predicted molar refractivity (Wildman–Crippen MR) is 179 cm³/mol. The maximum atomic E-state index is 12.6. The minimum Gasteiger partial charge on any atom is -0.479 e. The molecule has 0 bridgehead atoms. The van der Waals surface area contributed by atoms with Crippen molar-refractivity contribution in [2.45, 2.75) is 137 Å². The van der Waals surface area contributed by atoms with Gasteiger partial charge in [0.2, 0.25) is 11.8 Å². The second kappa shape index (κ2) is 20.2. The van der Waals surface area contributed by atoms with Crippen molar-refractivity contribution in [3.63, 3.8) is 0 Å². The van der Waals surface area contributed by atoms with Gasteiger partial charge >= 0.3 is 32.7 Å². The van der Waals surface area contributed by atoms with E-state index >= 15 is 0 Å². The first kappa shape index (κ1) is 50.7. The topological polar surface area (TPSA) is 486 Å². The van der Waals surface area contributed by atoms with Crippen molar-refractivity contribution < 1.29 is 138 Å². The molecule has 31 nitrogen and oxygen atoms in total. The van der Waals surface area contributed by atoms with Crippen LogP contribution in [0.5, 0.6) is 0 Å². The van der Waals surface area contributed by atoms with E-state index in [0.717, 1.165) is 13.8 Å². The van der Waals surface area contributed by atoms with Crippen LogP contribution >= 0.6 is 0 Å². The van der Waals surface area contributed by atoms with Crippen molar-refractivity contribution >= 4 is 44.6 Å². The summed E-state index contributed by atoms with van der Waals surface area (Å²) < 4.78 is 113. The molecule has 0 spiro atoms. The van der Waals surface area contributed by atoms with Gasteiger partial charge in [0, 0.05) is 13.8 Å². The third-order valence-electron chi connectivity index (χ3n) is 9.35. The highest BCUT2D eigenvalue weighted by atomic mass is 32.3. The van der Waals surface area contributed by atoms with Crippen LogP contribution in [0, 0.1) is 0 Å². The molecule has 0 aliphatic carbocycles. The van der Waals surface area contributed by atoms with Gasteiger partial charge in [-0.25, -0.2) is 18.0 Å². The van der Waals surface area contributed by atoms with Gasteiger partial charge in [-0.15, -0.1) is 0 Å². The molecule has 4 rings (SSSR count). The molecule has 2 amide bonds. The molecule has 4 aliphatic rings. The lowest BCUT2D eigenvalue weighted by Gasteiger charge is -2.50. The lowest BCUT2D eigenvalue weighted by Crippen LogP contribution is -2.71. The summed E-state index contributed by atoms with van der Waals surface area (Å²) in [5, 5.41) is 108. The smallest absolute Gasteiger partial charge is 0.397 e. The molecule has 0 saturated carbocycles. The Bertz CT molecular complexity index is 1790. The summed E-state index contributed by atoms with van der Waals surface area (Å²) in [6, 6.07) is -4.04. The Balaban J connectivity index is 1.73. The standard InChI is InChI=1S/C28H44N2O29S2/c1-5(33)29-9-18(16(58-60(45,46)47)7(3-31)51-25(9)44)53-28-15(39)13(37)20(22(57-28)24(42)43)55-26-10(30-6(2)34)19(17(8(4-32)52-26)59-61(48,49)50)54-27-14(38)11(35)12(36)21(56-27)23(40)41/h7-22,25-28,31-32,35-39,44H,3-4H2,1-2H3,(H,29,33)(H,30,34)(H,40,41)(H,42,43)(H,45,46,47)(H,48,49,50)/t7-,8-,9-,10-,11+,12+,13-,14-,15-,16+,17+,18-,19-,20+,21-,22-,25?,26+,27-,28-/m1/s1. The van der Waals surface area contributed by atoms with Crippen LogP contribution in [0.25, 0.3) is 0 Å². The van der Waals surface area contributed by atoms with Gasteiger partial charge < -0.3 is 94.9 Å². The Morgan fingerprint density at radius 2 is 0.934 bits per heavy atom. The molecule has 4 aliphatic heterocycles. The molecule has 20 atom stereocenters. The van der Waals surface area contributed by atoms with E-state index < -0.39 is 180 Å². The van der Waals surface area contributed by atoms with Gasteiger partial charge in [0.15, 0.2) is 37.4 Å². The third kappa shape index (κ3) is 12.2. The summed E-state index contributed by atoms with van der Waals surface area (Å²) in [6.07, 6.45) is -41.8. The summed E-state index contributed by atoms with van der Waals surface area (Å²) in [4.78, 5) is 48.9. The minimum atomic E-state index is -5.60. The number of aliphatic hydroxyl groups excluding tert-OH is 8. The van der Waals surface area contributed by atoms with Crippen LogP contribution in [0.2, 0.25) is 0 Å². The van der Waals surface area contributed by atoms with Gasteiger partial charge in [-0.05, 0) is 0 Å². The van der Waals surface area contributed by atoms with E-state index in [0.29, 0.717) is 0 Å². The van der Waals surface area contributed by atoms with Crippen molar-refractivity contribution in [2.24, 2.45) is 0 Å². The molecule has 4 saturated heterocycles. The molecule has 0 aromatic rings. The molecule has 0 radical (unpaired) electrons. The minimum absolute atomic E-state index is 0.823. The van der Waals surface area contributed by atoms with Crippen LogP contribution in [0.3, 0.4) is 0 Å². The number of carboxylic acid groups (broad SMARTS) is 2. The second-order valence-corrected chi connectivity index (χ2v) is 15.8. The normalized spacial score (nSPS) is 42.3. The molecule has 14 N–H and O–H groups in total. The maximum Gasteiger partial charge on any atom is 0.397 e. The highest BCUT2D eigenvalue weighted by Gasteiger charge is 2.59. The van der Waals surface area contributed by atoms with Gasteiger partial charge in [-0.2, -0.15) is 16.8 Å². The predicted octanol–water partition coefficient (Wildman–Crippen LogP) is -9.62. The molecular formula is C28H44N2O29S2. The van der Waals surface area contributed by atoms with Crippen LogP contribution in [-0.4, -0.2) is 237 Å². The van der Waals surface area contributed by atoms with Crippen LogP contribution in [0.15, 0.2) is 0 Å². The quantitative estimate of drug-likeness (QED) is 0.0639. The van der Waals surface area contributed by atoms with Gasteiger partial charge in [0.05, 0.1) is 13.2 Å². The lowest BCUT2D eigenvalue weighted by atomic mass is 9.94. The first-order valence-electron chi connectivity index (χ1n) is 17.4. The molecule has 1 unspecified atom stereocenters. The molecule has 4 fully saturated rings. The number of amides is 2. The zero-order chi connectivity index (χ0) is 46.0. The van der Waals surface area contributed by atoms with Gasteiger partial charge in [-0.1, -0.05) is 0 Å². The lowest BCUT2D eigenvalue weighted by molar-refractivity contribution is -0.367. The van der Waals surface area contributed by atoms with Gasteiger partial charge in [0.1, 0.15) is 85.3 Å². The van der Waals surface area contributed by atoms with Gasteiger partial charge in [-0.3, -0.25) is 18.7 Å². The fraction of sp³-hybridized carbons (Fsp3) is 0.857. The Hall–Kier alpha value is -2.98. The average molecular weight is 937 g/mol. The monoisotopic (exact) mass is 936 g/mol. The van der Waals surface area contributed by atoms with Crippen molar-refractivity contribution in [3.05, 3.63) is 0 Å². The number of rotatable bonds is 16. The van der Waals surface area contributed by atoms with E-state index in [9.17, 15) is 96.2 Å². The summed E-state index contributed by atoms with van der Waals surface area (Å²) in [7, 11) is -11.1. The van der Waals surface area contributed by atoms with Crippen molar-refractivity contribution in [2.75, 3.05) is 13.2 Å². The summed E-state index contributed by atoms with van der Waals surface area (Å²) in [6.45, 7) is -0.754. The van der Waals surface area contributed by atoms with E-state index in [2.05, 4.69) is 19.0 Å². The van der Waals surface area contributed by atoms with Crippen LogP contribution in [0.4, 0.5) is 0 Å². The number of aliphatic carboxylic acids is 2. The van der Waals surface area contributed by atoms with Crippen LogP contribution < -0.4 is 10.6 Å². The Kier molecular flexibility index (Phi) is 16.8. The number of carboxylic acids is 2. The zero-order valence-electron chi connectivity index (χ0n) is 31.1. The van der Waals surface area contributed by atoms with Crippen LogP contribution in [0.1, 0.15) is 13.8 Å². The largest absolute Gasteiger partial charge is 0.479 e. The van der Waals surface area contributed by atoms with E-state index in [1.54, 1.807) is 0 Å². The second-order valence-electron chi connectivity index (χ2n) is 13.7. The molecule has 0 aromatic carbocycles. The first-order valence-corrected chi connectivity index (χ1v) is 20.1.